The van der Waals surface area contributed by atoms with E-state index in [1.807, 2.05) is 10.9 Å². The van der Waals surface area contributed by atoms with Gasteiger partial charge >= 0.3 is 19.3 Å². The summed E-state index contributed by atoms with van der Waals surface area (Å²) in [5.41, 5.74) is -4.01. The maximum atomic E-state index is 13.6. The molecule has 12 nitrogen and oxygen atoms in total. The van der Waals surface area contributed by atoms with E-state index in [1.54, 1.807) is 18.2 Å². The maximum absolute atomic E-state index is 13.6. The van der Waals surface area contributed by atoms with Gasteiger partial charge in [-0.15, -0.1) is 6.42 Å². The Morgan fingerprint density at radius 2 is 2.03 bits per heavy atom. The van der Waals surface area contributed by atoms with E-state index in [2.05, 4.69) is 4.74 Å². The van der Waals surface area contributed by atoms with Crippen LogP contribution in [-0.2, 0) is 23.4 Å². The number of aliphatic hydroxyl groups is 2. The average molecular weight is 508 g/mol. The number of terminal acetylenes is 1. The Hall–Kier alpha value is -3.20. The SMILES string of the molecule is C#C[C@@]1(O)[C@H](O)[C@@H](COP(=O)(C[C@@H](C)C(=O)OC)Oc2ccccc2)O[C@H]1n1ccc(=O)[nH]c1=O. The molecule has 2 aromatic rings. The summed E-state index contributed by atoms with van der Waals surface area (Å²) >= 11 is 0. The third kappa shape index (κ3) is 5.73. The third-order valence-electron chi connectivity index (χ3n) is 5.34. The zero-order valence-corrected chi connectivity index (χ0v) is 19.8. The Morgan fingerprint density at radius 1 is 1.34 bits per heavy atom. The van der Waals surface area contributed by atoms with Crippen LogP contribution in [0.5, 0.6) is 5.75 Å². The van der Waals surface area contributed by atoms with Crippen molar-refractivity contribution < 1.29 is 38.1 Å². The molecule has 0 amide bonds. The van der Waals surface area contributed by atoms with Gasteiger partial charge in [0.15, 0.2) is 11.8 Å². The lowest BCUT2D eigenvalue weighted by molar-refractivity contribution is -0.144. The first-order chi connectivity index (χ1) is 16.5. The largest absolute Gasteiger partial charge is 0.469 e. The van der Waals surface area contributed by atoms with Crippen molar-refractivity contribution in [3.05, 3.63) is 63.4 Å². The molecule has 0 spiro atoms. The van der Waals surface area contributed by atoms with Gasteiger partial charge in [-0.2, -0.15) is 0 Å². The number of hydrogen-bond donors (Lipinski definition) is 3. The number of para-hydroxylation sites is 1. The van der Waals surface area contributed by atoms with Crippen molar-refractivity contribution in [2.24, 2.45) is 5.92 Å². The van der Waals surface area contributed by atoms with E-state index in [4.69, 9.17) is 20.2 Å². The van der Waals surface area contributed by atoms with Crippen LogP contribution in [0.4, 0.5) is 0 Å². The normalized spacial score (nSPS) is 26.3. The molecule has 0 saturated carbocycles. The highest BCUT2D eigenvalue weighted by atomic mass is 31.2. The van der Waals surface area contributed by atoms with Crippen molar-refractivity contribution >= 4 is 13.6 Å². The number of rotatable bonds is 9. The molecule has 0 aliphatic carbocycles. The maximum Gasteiger partial charge on any atom is 0.380 e. The lowest BCUT2D eigenvalue weighted by Gasteiger charge is -2.26. The van der Waals surface area contributed by atoms with E-state index < -0.39 is 61.4 Å². The van der Waals surface area contributed by atoms with Crippen LogP contribution in [0.25, 0.3) is 0 Å². The predicted octanol–water partition coefficient (Wildman–Crippen LogP) is 0.257. The van der Waals surface area contributed by atoms with Crippen LogP contribution in [0.15, 0.2) is 52.2 Å². The first-order valence-electron chi connectivity index (χ1n) is 10.4. The number of carbonyl (C=O) groups excluding carboxylic acids is 1. The van der Waals surface area contributed by atoms with Crippen molar-refractivity contribution in [3.63, 3.8) is 0 Å². The molecule has 1 aromatic carbocycles. The van der Waals surface area contributed by atoms with Gasteiger partial charge in [0.1, 0.15) is 18.0 Å². The second-order valence-corrected chi connectivity index (χ2v) is 9.90. The Labute approximate surface area is 200 Å². The molecule has 1 fully saturated rings. The van der Waals surface area contributed by atoms with Crippen molar-refractivity contribution in [1.29, 1.82) is 0 Å². The van der Waals surface area contributed by atoms with Gasteiger partial charge in [0.25, 0.3) is 5.56 Å². The van der Waals surface area contributed by atoms with Crippen LogP contribution in [0.1, 0.15) is 13.2 Å². The fourth-order valence-electron chi connectivity index (χ4n) is 3.51. The predicted molar refractivity (Wildman–Crippen MR) is 122 cm³/mol. The van der Waals surface area contributed by atoms with Gasteiger partial charge in [-0.1, -0.05) is 31.0 Å². The lowest BCUT2D eigenvalue weighted by Crippen LogP contribution is -2.48. The fourth-order valence-corrected chi connectivity index (χ4v) is 5.38. The molecule has 3 rings (SSSR count). The summed E-state index contributed by atoms with van der Waals surface area (Å²) in [6, 6.07) is 9.09. The summed E-state index contributed by atoms with van der Waals surface area (Å²) in [5.74, 6) is 0.722. The highest BCUT2D eigenvalue weighted by molar-refractivity contribution is 7.54. The Balaban J connectivity index is 1.85. The summed E-state index contributed by atoms with van der Waals surface area (Å²) in [6.07, 6.45) is 1.38. The minimum Gasteiger partial charge on any atom is -0.469 e. The molecule has 1 saturated heterocycles. The fraction of sp³-hybridized carbons (Fsp3) is 0.409. The molecule has 35 heavy (non-hydrogen) atoms. The van der Waals surface area contributed by atoms with Crippen LogP contribution in [0.2, 0.25) is 0 Å². The molecule has 2 heterocycles. The van der Waals surface area contributed by atoms with Gasteiger partial charge in [0.05, 0.1) is 25.8 Å². The van der Waals surface area contributed by atoms with Gasteiger partial charge < -0.3 is 24.2 Å². The topological polar surface area (TPSA) is 166 Å². The van der Waals surface area contributed by atoms with Crippen LogP contribution in [-0.4, -0.2) is 63.4 Å². The molecule has 1 aromatic heterocycles. The quantitative estimate of drug-likeness (QED) is 0.243. The second-order valence-electron chi connectivity index (χ2n) is 7.88. The van der Waals surface area contributed by atoms with E-state index in [0.717, 1.165) is 16.8 Å². The number of methoxy groups -OCH3 is 1. The zero-order chi connectivity index (χ0) is 25.8. The smallest absolute Gasteiger partial charge is 0.380 e. The number of nitrogens with one attached hydrogen (secondary N) is 1. The Kier molecular flexibility index (Phi) is 8.00. The summed E-state index contributed by atoms with van der Waals surface area (Å²) in [4.78, 5) is 37.5. The number of ether oxygens (including phenoxy) is 2. The number of H-pyrrole nitrogens is 1. The molecule has 6 atom stereocenters. The summed E-state index contributed by atoms with van der Waals surface area (Å²) in [6.45, 7) is 0.893. The van der Waals surface area contributed by atoms with Crippen LogP contribution >= 0.6 is 7.60 Å². The minimum atomic E-state index is -4.04. The van der Waals surface area contributed by atoms with Crippen molar-refractivity contribution in [2.45, 2.75) is 31.0 Å². The monoisotopic (exact) mass is 508 g/mol. The van der Waals surface area contributed by atoms with E-state index >= 15 is 0 Å². The molecule has 1 aliphatic heterocycles. The molecule has 0 radical (unpaired) electrons. The number of aromatic nitrogens is 2. The molecule has 1 aliphatic rings. The van der Waals surface area contributed by atoms with Gasteiger partial charge in [-0.3, -0.25) is 23.7 Å². The van der Waals surface area contributed by atoms with E-state index in [-0.39, 0.29) is 11.9 Å². The summed E-state index contributed by atoms with van der Waals surface area (Å²) < 4.78 is 35.8. The van der Waals surface area contributed by atoms with Gasteiger partial charge in [-0.05, 0) is 12.1 Å². The number of esters is 1. The van der Waals surface area contributed by atoms with Crippen molar-refractivity contribution in [2.75, 3.05) is 19.9 Å². The van der Waals surface area contributed by atoms with E-state index in [1.165, 1.54) is 26.2 Å². The standard InChI is InChI=1S/C22H25N2O10P/c1-4-22(29)18(26)16(33-20(22)24-11-10-17(25)23-21(24)28)12-32-35(30,13-14(2)19(27)31-3)34-15-8-6-5-7-9-15/h1,5-11,14,16,18,20,26,29H,12-13H2,2-3H3,(H,23,25,28)/t14-,16-,18-,20-,22-,35?/m1/s1. The van der Waals surface area contributed by atoms with E-state index in [9.17, 15) is 29.2 Å². The van der Waals surface area contributed by atoms with E-state index in [0.29, 0.717) is 0 Å². The number of aliphatic hydroxyl groups excluding tert-OH is 1. The average Bonchev–Trinajstić information content (AvgIpc) is 3.08. The summed E-state index contributed by atoms with van der Waals surface area (Å²) in [5, 5.41) is 21.6. The minimum absolute atomic E-state index is 0.207. The molecule has 13 heteroatoms. The van der Waals surface area contributed by atoms with Crippen molar-refractivity contribution in [1.82, 2.24) is 9.55 Å². The molecule has 188 valence electrons. The molecule has 3 N–H and O–H groups in total. The molecular formula is C22H25N2O10P. The lowest BCUT2D eigenvalue weighted by atomic mass is 9.95. The van der Waals surface area contributed by atoms with Gasteiger partial charge in [-0.25, -0.2) is 9.36 Å². The number of carbonyl (C=O) groups is 1. The highest BCUT2D eigenvalue weighted by Crippen LogP contribution is 2.51. The molecule has 0 bridgehead atoms. The van der Waals surface area contributed by atoms with Crippen LogP contribution in [0.3, 0.4) is 0 Å². The zero-order valence-electron chi connectivity index (χ0n) is 18.9. The number of aromatic amines is 1. The molecule has 1 unspecified atom stereocenters. The number of hydrogen-bond acceptors (Lipinski definition) is 10. The number of benzene rings is 1. The first kappa shape index (κ1) is 26.4. The van der Waals surface area contributed by atoms with Crippen LogP contribution < -0.4 is 15.8 Å². The molecular weight excluding hydrogens is 483 g/mol. The number of nitrogens with zero attached hydrogens (tertiary/aromatic N) is 1. The van der Waals surface area contributed by atoms with Gasteiger partial charge in [0.2, 0.25) is 0 Å². The Bertz CT molecular complexity index is 1250. The van der Waals surface area contributed by atoms with Crippen molar-refractivity contribution in [3.8, 4) is 18.1 Å². The second kappa shape index (κ2) is 10.6. The highest BCUT2D eigenvalue weighted by Gasteiger charge is 2.56. The van der Waals surface area contributed by atoms with Gasteiger partial charge in [0, 0.05) is 12.3 Å². The summed E-state index contributed by atoms with van der Waals surface area (Å²) in [7, 11) is -2.86. The Morgan fingerprint density at radius 3 is 2.63 bits per heavy atom. The first-order valence-corrected chi connectivity index (χ1v) is 12.2. The third-order valence-corrected chi connectivity index (χ3v) is 7.37. The van der Waals surface area contributed by atoms with Crippen LogP contribution in [0, 0.1) is 18.3 Å².